The molecule has 1 rings (SSSR count). The Morgan fingerprint density at radius 2 is 2.43 bits per heavy atom. The second kappa shape index (κ2) is 6.41. The fraction of sp³-hybridized carbons (Fsp3) is 0.583. The first-order chi connectivity index (χ1) is 6.83. The van der Waals surface area contributed by atoms with Gasteiger partial charge >= 0.3 is 5.97 Å². The van der Waals surface area contributed by atoms with E-state index in [9.17, 15) is 4.79 Å². The molecule has 0 bridgehead atoms. The van der Waals surface area contributed by atoms with Crippen molar-refractivity contribution in [1.82, 2.24) is 0 Å². The van der Waals surface area contributed by atoms with Crippen molar-refractivity contribution in [2.45, 2.75) is 45.1 Å². The molecule has 0 N–H and O–H groups in total. The Morgan fingerprint density at radius 1 is 1.57 bits per heavy atom. The lowest BCUT2D eigenvalue weighted by atomic mass is 10.1. The molecule has 1 atom stereocenters. The summed E-state index contributed by atoms with van der Waals surface area (Å²) in [5.41, 5.74) is 0. The summed E-state index contributed by atoms with van der Waals surface area (Å²) in [4.78, 5) is 10.9. The van der Waals surface area contributed by atoms with Crippen LogP contribution in [0.25, 0.3) is 0 Å². The van der Waals surface area contributed by atoms with E-state index in [0.717, 1.165) is 12.8 Å². The molecule has 0 amide bonds. The Hall–Kier alpha value is -1.05. The number of allylic oxidation sites excluding steroid dienone is 1. The Bertz CT molecular complexity index is 228. The maximum absolute atomic E-state index is 10.9. The number of esters is 1. The van der Waals surface area contributed by atoms with E-state index in [1.54, 1.807) is 0 Å². The first-order valence-corrected chi connectivity index (χ1v) is 5.34. The third-order valence-corrected chi connectivity index (χ3v) is 2.18. The molecule has 78 valence electrons. The average Bonchev–Trinajstić information content (AvgIpc) is 2.18. The summed E-state index contributed by atoms with van der Waals surface area (Å²) >= 11 is 0. The molecule has 1 aliphatic heterocycles. The average molecular weight is 194 g/mol. The van der Waals surface area contributed by atoms with Gasteiger partial charge < -0.3 is 4.74 Å². The zero-order valence-electron chi connectivity index (χ0n) is 8.74. The number of hydrogen-bond acceptors (Lipinski definition) is 2. The first kappa shape index (κ1) is 11.0. The molecule has 0 saturated carbocycles. The van der Waals surface area contributed by atoms with Crippen molar-refractivity contribution in [2.75, 3.05) is 0 Å². The Morgan fingerprint density at radius 3 is 3.14 bits per heavy atom. The number of rotatable bonds is 5. The molecular weight excluding hydrogens is 176 g/mol. The van der Waals surface area contributed by atoms with Gasteiger partial charge in [0.2, 0.25) is 0 Å². The molecule has 0 aromatic heterocycles. The van der Waals surface area contributed by atoms with E-state index in [1.165, 1.54) is 12.8 Å². The summed E-state index contributed by atoms with van der Waals surface area (Å²) < 4.78 is 5.12. The van der Waals surface area contributed by atoms with Gasteiger partial charge in [-0.05, 0) is 12.5 Å². The summed E-state index contributed by atoms with van der Waals surface area (Å²) in [6.45, 7) is 2.18. The van der Waals surface area contributed by atoms with Crippen molar-refractivity contribution < 1.29 is 9.53 Å². The van der Waals surface area contributed by atoms with Gasteiger partial charge in [-0.1, -0.05) is 38.0 Å². The van der Waals surface area contributed by atoms with E-state index in [4.69, 9.17) is 4.74 Å². The fourth-order valence-electron chi connectivity index (χ4n) is 1.37. The molecule has 0 aromatic carbocycles. The van der Waals surface area contributed by atoms with Crippen LogP contribution in [0.5, 0.6) is 0 Å². The van der Waals surface area contributed by atoms with Crippen molar-refractivity contribution in [3.05, 3.63) is 24.3 Å². The monoisotopic (exact) mass is 194 g/mol. The van der Waals surface area contributed by atoms with E-state index in [0.29, 0.717) is 6.42 Å². The van der Waals surface area contributed by atoms with Gasteiger partial charge in [0, 0.05) is 6.42 Å². The molecule has 0 spiro atoms. The number of unbranched alkanes of at least 4 members (excludes halogenated alkanes) is 2. The van der Waals surface area contributed by atoms with Crippen LogP contribution in [0.4, 0.5) is 0 Å². The minimum Gasteiger partial charge on any atom is -0.458 e. The molecule has 1 unspecified atom stereocenters. The van der Waals surface area contributed by atoms with Crippen LogP contribution < -0.4 is 0 Å². The molecule has 0 aliphatic carbocycles. The maximum Gasteiger partial charge on any atom is 0.310 e. The second-order valence-corrected chi connectivity index (χ2v) is 3.51. The van der Waals surface area contributed by atoms with Crippen LogP contribution >= 0.6 is 0 Å². The number of carbonyl (C=O) groups excluding carboxylic acids is 1. The van der Waals surface area contributed by atoms with Gasteiger partial charge in [-0.2, -0.15) is 0 Å². The fourth-order valence-corrected chi connectivity index (χ4v) is 1.37. The standard InChI is InChI=1S/C12H18O2/c1-2-3-4-5-6-8-11-9-7-10-12(13)14-11/h5-7,9,11H,2-4,8,10H2,1H3/b6-5+. The van der Waals surface area contributed by atoms with Crippen LogP contribution in [0, 0.1) is 0 Å². The molecule has 0 fully saturated rings. The molecule has 1 heterocycles. The maximum atomic E-state index is 10.9. The molecule has 2 heteroatoms. The van der Waals surface area contributed by atoms with Crippen LogP contribution in [0.3, 0.4) is 0 Å². The Kier molecular flexibility index (Phi) is 5.05. The van der Waals surface area contributed by atoms with E-state index in [1.807, 2.05) is 12.2 Å². The predicted octanol–water partition coefficient (Wildman–Crippen LogP) is 2.99. The number of ether oxygens (including phenoxy) is 1. The number of carbonyl (C=O) groups is 1. The van der Waals surface area contributed by atoms with Gasteiger partial charge in [-0.3, -0.25) is 4.79 Å². The predicted molar refractivity (Wildman–Crippen MR) is 56.9 cm³/mol. The lowest BCUT2D eigenvalue weighted by Crippen LogP contribution is -2.18. The molecule has 0 saturated heterocycles. The molecule has 0 aromatic rings. The first-order valence-electron chi connectivity index (χ1n) is 5.34. The van der Waals surface area contributed by atoms with E-state index < -0.39 is 0 Å². The van der Waals surface area contributed by atoms with Crippen molar-refractivity contribution in [3.63, 3.8) is 0 Å². The van der Waals surface area contributed by atoms with Crippen LogP contribution in [-0.2, 0) is 9.53 Å². The highest BCUT2D eigenvalue weighted by atomic mass is 16.5. The SMILES string of the molecule is CCCC/C=C/CC1C=CCC(=O)O1. The third-order valence-electron chi connectivity index (χ3n) is 2.18. The number of hydrogen-bond donors (Lipinski definition) is 0. The highest BCUT2D eigenvalue weighted by Crippen LogP contribution is 2.10. The van der Waals surface area contributed by atoms with Crippen LogP contribution in [0.2, 0.25) is 0 Å². The topological polar surface area (TPSA) is 26.3 Å². The molecular formula is C12H18O2. The van der Waals surface area contributed by atoms with Gasteiger partial charge in [0.15, 0.2) is 0 Å². The molecule has 14 heavy (non-hydrogen) atoms. The largest absolute Gasteiger partial charge is 0.458 e. The van der Waals surface area contributed by atoms with Gasteiger partial charge in [0.1, 0.15) is 6.10 Å². The van der Waals surface area contributed by atoms with Gasteiger partial charge in [0.25, 0.3) is 0 Å². The van der Waals surface area contributed by atoms with Crippen molar-refractivity contribution in [3.8, 4) is 0 Å². The zero-order valence-corrected chi connectivity index (χ0v) is 8.74. The normalized spacial score (nSPS) is 21.5. The van der Waals surface area contributed by atoms with Crippen molar-refractivity contribution in [2.24, 2.45) is 0 Å². The van der Waals surface area contributed by atoms with Crippen molar-refractivity contribution >= 4 is 5.97 Å². The highest BCUT2D eigenvalue weighted by Gasteiger charge is 2.12. The molecule has 0 radical (unpaired) electrons. The van der Waals surface area contributed by atoms with Gasteiger partial charge in [-0.25, -0.2) is 0 Å². The Labute approximate surface area is 85.6 Å². The summed E-state index contributed by atoms with van der Waals surface area (Å²) in [7, 11) is 0. The zero-order chi connectivity index (χ0) is 10.2. The van der Waals surface area contributed by atoms with Gasteiger partial charge in [0.05, 0.1) is 6.42 Å². The van der Waals surface area contributed by atoms with Crippen molar-refractivity contribution in [1.29, 1.82) is 0 Å². The van der Waals surface area contributed by atoms with E-state index in [-0.39, 0.29) is 12.1 Å². The molecule has 1 aliphatic rings. The van der Waals surface area contributed by atoms with E-state index >= 15 is 0 Å². The highest BCUT2D eigenvalue weighted by molar-refractivity contribution is 5.72. The Balaban J connectivity index is 2.17. The quantitative estimate of drug-likeness (QED) is 0.382. The molecule has 2 nitrogen and oxygen atoms in total. The smallest absolute Gasteiger partial charge is 0.310 e. The third kappa shape index (κ3) is 4.26. The summed E-state index contributed by atoms with van der Waals surface area (Å²) in [5, 5.41) is 0. The minimum absolute atomic E-state index is 0.0332. The minimum atomic E-state index is -0.112. The van der Waals surface area contributed by atoms with Gasteiger partial charge in [-0.15, -0.1) is 0 Å². The van der Waals surface area contributed by atoms with Crippen LogP contribution in [0.15, 0.2) is 24.3 Å². The number of cyclic esters (lactones) is 1. The van der Waals surface area contributed by atoms with E-state index in [2.05, 4.69) is 19.1 Å². The summed E-state index contributed by atoms with van der Waals surface area (Å²) in [6.07, 6.45) is 12.9. The lowest BCUT2D eigenvalue weighted by molar-refractivity contribution is -0.146. The summed E-state index contributed by atoms with van der Waals surface area (Å²) in [6, 6.07) is 0. The van der Waals surface area contributed by atoms with Crippen LogP contribution in [0.1, 0.15) is 39.0 Å². The van der Waals surface area contributed by atoms with Crippen LogP contribution in [-0.4, -0.2) is 12.1 Å². The lowest BCUT2D eigenvalue weighted by Gasteiger charge is -2.15. The summed E-state index contributed by atoms with van der Waals surface area (Å²) in [5.74, 6) is -0.112. The second-order valence-electron chi connectivity index (χ2n) is 3.51.